The lowest BCUT2D eigenvalue weighted by atomic mass is 10.1. The van der Waals surface area contributed by atoms with E-state index in [4.69, 9.17) is 0 Å². The van der Waals surface area contributed by atoms with Crippen molar-refractivity contribution in [3.63, 3.8) is 0 Å². The highest BCUT2D eigenvalue weighted by molar-refractivity contribution is 7.18. The molecule has 11 nitrogen and oxygen atoms in total. The molecular weight excluding hydrogens is 476 g/mol. The molecule has 4 aromatic rings. The number of hydrogen-bond donors (Lipinski definition) is 1. The van der Waals surface area contributed by atoms with E-state index in [-0.39, 0.29) is 12.3 Å². The van der Waals surface area contributed by atoms with Gasteiger partial charge in [-0.25, -0.2) is 14.8 Å². The summed E-state index contributed by atoms with van der Waals surface area (Å²) in [5, 5.41) is 14.0. The van der Waals surface area contributed by atoms with Crippen LogP contribution in [0, 0.1) is 0 Å². The Balaban J connectivity index is 1.30. The number of rotatable bonds is 5. The molecule has 0 aliphatic carbocycles. The van der Waals surface area contributed by atoms with Crippen LogP contribution >= 0.6 is 22.7 Å². The fraction of sp³-hybridized carbons (Fsp3) is 0.381. The zero-order valence-electron chi connectivity index (χ0n) is 18.8. The molecule has 4 aromatic heterocycles. The Hall–Kier alpha value is -3.45. The summed E-state index contributed by atoms with van der Waals surface area (Å²) in [6.45, 7) is 3.12. The third kappa shape index (κ3) is 3.90. The van der Waals surface area contributed by atoms with Crippen molar-refractivity contribution in [2.45, 2.75) is 32.2 Å². The first kappa shape index (κ1) is 22.3. The van der Waals surface area contributed by atoms with Crippen LogP contribution in [0.5, 0.6) is 0 Å². The lowest BCUT2D eigenvalue weighted by Gasteiger charge is -2.20. The smallest absolute Gasteiger partial charge is 0.331 e. The van der Waals surface area contributed by atoms with Gasteiger partial charge in [0.15, 0.2) is 5.01 Å². The van der Waals surface area contributed by atoms with Crippen molar-refractivity contribution in [3.8, 4) is 10.6 Å². The van der Waals surface area contributed by atoms with Gasteiger partial charge in [-0.3, -0.25) is 18.7 Å². The fourth-order valence-electron chi connectivity index (χ4n) is 4.09. The number of amides is 1. The van der Waals surface area contributed by atoms with Crippen molar-refractivity contribution < 1.29 is 4.79 Å². The fourth-order valence-corrected chi connectivity index (χ4v) is 5.85. The van der Waals surface area contributed by atoms with Crippen LogP contribution in [0.4, 0.5) is 11.1 Å². The number of nitrogens with one attached hydrogen (secondary N) is 1. The molecular formula is C21H22N8O3S2. The molecule has 1 saturated heterocycles. The lowest BCUT2D eigenvalue weighted by Crippen LogP contribution is -2.36. The van der Waals surface area contributed by atoms with Gasteiger partial charge in [0.1, 0.15) is 4.83 Å². The first-order valence-electron chi connectivity index (χ1n) is 10.7. The Bertz CT molecular complexity index is 1500. The SMILES string of the molecule is CC1CCCN1c1ncc(-c2nnc(NC(=O)Cc3csc4c3c(=O)n(C)c(=O)n4C)s2)cn1. The van der Waals surface area contributed by atoms with E-state index in [0.29, 0.717) is 37.9 Å². The molecule has 0 aromatic carbocycles. The highest BCUT2D eigenvalue weighted by Gasteiger charge is 2.23. The zero-order valence-corrected chi connectivity index (χ0v) is 20.4. The molecule has 5 heterocycles. The maximum absolute atomic E-state index is 12.7. The average Bonchev–Trinajstić information content (AvgIpc) is 3.57. The highest BCUT2D eigenvalue weighted by Crippen LogP contribution is 2.28. The highest BCUT2D eigenvalue weighted by atomic mass is 32.1. The maximum atomic E-state index is 12.7. The van der Waals surface area contributed by atoms with Crippen LogP contribution in [-0.4, -0.2) is 47.8 Å². The van der Waals surface area contributed by atoms with Crippen LogP contribution in [0.2, 0.25) is 0 Å². The van der Waals surface area contributed by atoms with Crippen LogP contribution in [0.25, 0.3) is 20.8 Å². The summed E-state index contributed by atoms with van der Waals surface area (Å²) in [7, 11) is 3.03. The van der Waals surface area contributed by atoms with Gasteiger partial charge in [-0.2, -0.15) is 0 Å². The van der Waals surface area contributed by atoms with Crippen molar-refractivity contribution in [2.75, 3.05) is 16.8 Å². The Morgan fingerprint density at radius 1 is 1.18 bits per heavy atom. The second kappa shape index (κ2) is 8.72. The Kier molecular flexibility index (Phi) is 5.73. The van der Waals surface area contributed by atoms with Gasteiger partial charge >= 0.3 is 5.69 Å². The van der Waals surface area contributed by atoms with Gasteiger partial charge in [-0.05, 0) is 30.7 Å². The predicted octanol–water partition coefficient (Wildman–Crippen LogP) is 1.78. The van der Waals surface area contributed by atoms with E-state index in [0.717, 1.165) is 29.5 Å². The van der Waals surface area contributed by atoms with Crippen LogP contribution < -0.4 is 21.5 Å². The van der Waals surface area contributed by atoms with Gasteiger partial charge in [-0.15, -0.1) is 21.5 Å². The molecule has 5 rings (SSSR count). The minimum atomic E-state index is -0.410. The van der Waals surface area contributed by atoms with Crippen LogP contribution in [-0.2, 0) is 25.3 Å². The Labute approximate surface area is 201 Å². The number of aryl methyl sites for hydroxylation is 1. The van der Waals surface area contributed by atoms with E-state index in [9.17, 15) is 14.4 Å². The summed E-state index contributed by atoms with van der Waals surface area (Å²) in [4.78, 5) is 49.1. The molecule has 1 aliphatic heterocycles. The monoisotopic (exact) mass is 498 g/mol. The molecule has 1 N–H and O–H groups in total. The second-order valence-corrected chi connectivity index (χ2v) is 10.1. The molecule has 1 fully saturated rings. The van der Waals surface area contributed by atoms with Gasteiger partial charge in [-0.1, -0.05) is 11.3 Å². The summed E-state index contributed by atoms with van der Waals surface area (Å²) < 4.78 is 2.46. The third-order valence-corrected chi connectivity index (χ3v) is 7.95. The molecule has 1 aliphatic rings. The van der Waals surface area contributed by atoms with Crippen molar-refractivity contribution in [2.24, 2.45) is 14.1 Å². The second-order valence-electron chi connectivity index (χ2n) is 8.24. The number of fused-ring (bicyclic) bond motifs is 1. The van der Waals surface area contributed by atoms with Crippen molar-refractivity contribution in [1.82, 2.24) is 29.3 Å². The van der Waals surface area contributed by atoms with Crippen molar-refractivity contribution in [3.05, 3.63) is 44.2 Å². The number of nitrogens with zero attached hydrogens (tertiary/aromatic N) is 7. The minimum absolute atomic E-state index is 0.0197. The minimum Gasteiger partial charge on any atom is -0.338 e. The van der Waals surface area contributed by atoms with Crippen LogP contribution in [0.15, 0.2) is 27.4 Å². The van der Waals surface area contributed by atoms with Gasteiger partial charge in [0, 0.05) is 44.6 Å². The molecule has 34 heavy (non-hydrogen) atoms. The van der Waals surface area contributed by atoms with E-state index in [1.54, 1.807) is 24.8 Å². The number of hydrogen-bond acceptors (Lipinski definition) is 10. The standard InChI is InChI=1S/C21H22N8O3S2/c1-11-5-4-6-29(11)19-22-8-13(9-23-19)16-25-26-20(34-16)24-14(30)7-12-10-33-18-15(12)17(31)27(2)21(32)28(18)3/h8-11H,4-7H2,1-3H3,(H,24,26,30). The first-order chi connectivity index (χ1) is 16.3. The molecule has 0 radical (unpaired) electrons. The summed E-state index contributed by atoms with van der Waals surface area (Å²) in [5.74, 6) is 0.381. The van der Waals surface area contributed by atoms with Crippen LogP contribution in [0.1, 0.15) is 25.3 Å². The molecule has 0 bridgehead atoms. The van der Waals surface area contributed by atoms with E-state index in [2.05, 4.69) is 37.3 Å². The molecule has 1 unspecified atom stereocenters. The van der Waals surface area contributed by atoms with E-state index in [1.807, 2.05) is 0 Å². The molecule has 176 valence electrons. The Morgan fingerprint density at radius 3 is 2.65 bits per heavy atom. The molecule has 13 heteroatoms. The summed E-state index contributed by atoms with van der Waals surface area (Å²) >= 11 is 2.49. The first-order valence-corrected chi connectivity index (χ1v) is 12.4. The number of carbonyl (C=O) groups excluding carboxylic acids is 1. The maximum Gasteiger partial charge on any atom is 0.331 e. The lowest BCUT2D eigenvalue weighted by molar-refractivity contribution is -0.115. The molecule has 0 spiro atoms. The van der Waals surface area contributed by atoms with Gasteiger partial charge in [0.2, 0.25) is 17.0 Å². The van der Waals surface area contributed by atoms with Crippen molar-refractivity contribution >= 4 is 49.9 Å². The Morgan fingerprint density at radius 2 is 1.94 bits per heavy atom. The van der Waals surface area contributed by atoms with Gasteiger partial charge < -0.3 is 10.2 Å². The number of aromatic nitrogens is 6. The van der Waals surface area contributed by atoms with Gasteiger partial charge in [0.25, 0.3) is 5.56 Å². The summed E-state index contributed by atoms with van der Waals surface area (Å²) in [6.07, 6.45) is 5.69. The zero-order chi connectivity index (χ0) is 24.0. The largest absolute Gasteiger partial charge is 0.338 e. The average molecular weight is 499 g/mol. The van der Waals surface area contributed by atoms with Crippen molar-refractivity contribution in [1.29, 1.82) is 0 Å². The van der Waals surface area contributed by atoms with E-state index in [1.165, 1.54) is 34.3 Å². The topological polar surface area (TPSA) is 128 Å². The van der Waals surface area contributed by atoms with Gasteiger partial charge in [0.05, 0.1) is 11.8 Å². The number of anilines is 2. The predicted molar refractivity (Wildman–Crippen MR) is 132 cm³/mol. The number of thiophene rings is 1. The normalized spacial score (nSPS) is 15.9. The van der Waals surface area contributed by atoms with E-state index >= 15 is 0 Å². The molecule has 0 saturated carbocycles. The molecule has 1 atom stereocenters. The summed E-state index contributed by atoms with van der Waals surface area (Å²) in [5.41, 5.74) is 0.483. The number of carbonyl (C=O) groups is 1. The molecule has 1 amide bonds. The van der Waals surface area contributed by atoms with E-state index < -0.39 is 11.2 Å². The third-order valence-electron chi connectivity index (χ3n) is 5.96. The van der Waals surface area contributed by atoms with Crippen LogP contribution in [0.3, 0.4) is 0 Å². The summed E-state index contributed by atoms with van der Waals surface area (Å²) in [6, 6.07) is 0.430. The quantitative estimate of drug-likeness (QED) is 0.441.